The first kappa shape index (κ1) is 16.1. The Bertz CT molecular complexity index is 775. The van der Waals surface area contributed by atoms with Crippen molar-refractivity contribution in [1.29, 1.82) is 0 Å². The minimum Gasteiger partial charge on any atom is -0.496 e. The molecule has 7 heteroatoms. The van der Waals surface area contributed by atoms with Gasteiger partial charge in [0.1, 0.15) is 5.75 Å². The van der Waals surface area contributed by atoms with Gasteiger partial charge in [-0.2, -0.15) is 5.21 Å². The molecule has 0 radical (unpaired) electrons. The van der Waals surface area contributed by atoms with Crippen LogP contribution in [-0.4, -0.2) is 44.7 Å². The van der Waals surface area contributed by atoms with Crippen molar-refractivity contribution >= 4 is 0 Å². The molecule has 0 aliphatic rings. The number of pyridine rings is 1. The molecule has 0 saturated heterocycles. The summed E-state index contributed by atoms with van der Waals surface area (Å²) in [4.78, 5) is 6.66. The van der Waals surface area contributed by atoms with Crippen LogP contribution in [0.5, 0.6) is 5.75 Å². The molecule has 1 N–H and O–H groups in total. The maximum absolute atomic E-state index is 5.50. The first-order valence-corrected chi connectivity index (χ1v) is 7.71. The lowest BCUT2D eigenvalue weighted by Crippen LogP contribution is -2.23. The van der Waals surface area contributed by atoms with Crippen molar-refractivity contribution in [3.63, 3.8) is 0 Å². The number of hydrogen-bond donors (Lipinski definition) is 1. The van der Waals surface area contributed by atoms with Crippen molar-refractivity contribution < 1.29 is 4.74 Å². The summed E-state index contributed by atoms with van der Waals surface area (Å²) in [5.41, 5.74) is 3.00. The Balaban J connectivity index is 1.84. The normalized spacial score (nSPS) is 12.3. The van der Waals surface area contributed by atoms with E-state index in [-0.39, 0.29) is 6.04 Å². The molecule has 3 rings (SSSR count). The fourth-order valence-corrected chi connectivity index (χ4v) is 2.58. The third-order valence-corrected chi connectivity index (χ3v) is 4.08. The lowest BCUT2D eigenvalue weighted by molar-refractivity contribution is 0.245. The van der Waals surface area contributed by atoms with Crippen molar-refractivity contribution in [2.45, 2.75) is 19.5 Å². The fourth-order valence-electron chi connectivity index (χ4n) is 2.58. The lowest BCUT2D eigenvalue weighted by atomic mass is 10.1. The van der Waals surface area contributed by atoms with E-state index < -0.39 is 0 Å². The van der Waals surface area contributed by atoms with Gasteiger partial charge in [-0.3, -0.25) is 9.88 Å². The quantitative estimate of drug-likeness (QED) is 0.750. The van der Waals surface area contributed by atoms with Crippen molar-refractivity contribution in [2.75, 3.05) is 14.2 Å². The van der Waals surface area contributed by atoms with E-state index in [2.05, 4.69) is 44.5 Å². The first-order valence-electron chi connectivity index (χ1n) is 7.71. The lowest BCUT2D eigenvalue weighted by Gasteiger charge is -2.25. The highest BCUT2D eigenvalue weighted by atomic mass is 16.5. The Hall–Kier alpha value is -2.80. The predicted octanol–water partition coefficient (Wildman–Crippen LogP) is 2.46. The van der Waals surface area contributed by atoms with E-state index >= 15 is 0 Å². The summed E-state index contributed by atoms with van der Waals surface area (Å²) >= 11 is 0. The molecule has 0 bridgehead atoms. The van der Waals surface area contributed by atoms with Gasteiger partial charge in [-0.15, -0.1) is 10.2 Å². The molecule has 124 valence electrons. The van der Waals surface area contributed by atoms with Gasteiger partial charge >= 0.3 is 0 Å². The van der Waals surface area contributed by atoms with E-state index in [9.17, 15) is 0 Å². The number of aromatic amines is 1. The van der Waals surface area contributed by atoms with Gasteiger partial charge in [-0.25, -0.2) is 0 Å². The largest absolute Gasteiger partial charge is 0.496 e. The number of H-pyrrole nitrogens is 1. The minimum atomic E-state index is 0.185. The highest BCUT2D eigenvalue weighted by molar-refractivity contribution is 5.58. The monoisotopic (exact) mass is 324 g/mol. The van der Waals surface area contributed by atoms with Crippen molar-refractivity contribution in [3.8, 4) is 17.1 Å². The molecule has 1 unspecified atom stereocenters. The van der Waals surface area contributed by atoms with Gasteiger partial charge in [0.2, 0.25) is 5.82 Å². The Morgan fingerprint density at radius 1 is 1.25 bits per heavy atom. The molecule has 0 aliphatic carbocycles. The van der Waals surface area contributed by atoms with E-state index in [0.29, 0.717) is 12.4 Å². The molecule has 2 heterocycles. The van der Waals surface area contributed by atoms with Crippen LogP contribution in [0.1, 0.15) is 24.2 Å². The van der Waals surface area contributed by atoms with Gasteiger partial charge in [-0.1, -0.05) is 6.07 Å². The number of tetrazole rings is 1. The summed E-state index contributed by atoms with van der Waals surface area (Å²) in [6, 6.07) is 12.0. The summed E-state index contributed by atoms with van der Waals surface area (Å²) < 4.78 is 5.50. The standard InChI is InChI=1S/C17H20N6O/c1-12(15-6-4-5-9-18-15)23(2)11-14-10-13(7-8-16(14)24-3)17-19-21-22-20-17/h4-10,12H,11H2,1-3H3,(H,19,20,21,22). The van der Waals surface area contributed by atoms with E-state index in [1.165, 1.54) is 0 Å². The van der Waals surface area contributed by atoms with Crippen molar-refractivity contribution in [2.24, 2.45) is 0 Å². The maximum atomic E-state index is 5.50. The summed E-state index contributed by atoms with van der Waals surface area (Å²) in [5, 5.41) is 14.2. The van der Waals surface area contributed by atoms with Crippen LogP contribution in [0.25, 0.3) is 11.4 Å². The first-order chi connectivity index (χ1) is 11.7. The average molecular weight is 324 g/mol. The topological polar surface area (TPSA) is 79.8 Å². The molecule has 0 fully saturated rings. The number of nitrogens with one attached hydrogen (secondary N) is 1. The molecule has 7 nitrogen and oxygen atoms in total. The van der Waals surface area contributed by atoms with Gasteiger partial charge in [0.15, 0.2) is 0 Å². The van der Waals surface area contributed by atoms with Gasteiger partial charge in [0, 0.05) is 29.9 Å². The predicted molar refractivity (Wildman–Crippen MR) is 90.3 cm³/mol. The van der Waals surface area contributed by atoms with Crippen LogP contribution >= 0.6 is 0 Å². The molecule has 0 aliphatic heterocycles. The van der Waals surface area contributed by atoms with Crippen LogP contribution < -0.4 is 4.74 Å². The zero-order valence-corrected chi connectivity index (χ0v) is 14.0. The highest BCUT2D eigenvalue weighted by Crippen LogP contribution is 2.27. The number of methoxy groups -OCH3 is 1. The zero-order chi connectivity index (χ0) is 16.9. The summed E-state index contributed by atoms with van der Waals surface area (Å²) in [5.74, 6) is 1.40. The molecule has 0 saturated carbocycles. The van der Waals surface area contributed by atoms with Crippen LogP contribution in [0, 0.1) is 0 Å². The van der Waals surface area contributed by atoms with Gasteiger partial charge < -0.3 is 4.74 Å². The fraction of sp³-hybridized carbons (Fsp3) is 0.294. The van der Waals surface area contributed by atoms with Crippen molar-refractivity contribution in [1.82, 2.24) is 30.5 Å². The number of aromatic nitrogens is 5. The van der Waals surface area contributed by atoms with Crippen LogP contribution in [0.2, 0.25) is 0 Å². The molecule has 2 aromatic heterocycles. The second-order valence-corrected chi connectivity index (χ2v) is 5.61. The third-order valence-electron chi connectivity index (χ3n) is 4.08. The molecule has 1 atom stereocenters. The Kier molecular flexibility index (Phi) is 4.81. The summed E-state index contributed by atoms with van der Waals surface area (Å²) in [6.45, 7) is 2.85. The maximum Gasteiger partial charge on any atom is 0.204 e. The molecular weight excluding hydrogens is 304 g/mol. The number of hydrogen-bond acceptors (Lipinski definition) is 6. The van der Waals surface area contributed by atoms with E-state index in [1.807, 2.05) is 42.6 Å². The number of benzene rings is 1. The molecule has 3 aromatic rings. The number of nitrogens with zero attached hydrogens (tertiary/aromatic N) is 5. The van der Waals surface area contributed by atoms with E-state index in [4.69, 9.17) is 4.74 Å². The Labute approximate surface area is 140 Å². The summed E-state index contributed by atoms with van der Waals surface area (Å²) in [6.07, 6.45) is 1.82. The Morgan fingerprint density at radius 3 is 2.79 bits per heavy atom. The van der Waals surface area contributed by atoms with Crippen LogP contribution in [0.3, 0.4) is 0 Å². The van der Waals surface area contributed by atoms with Gasteiger partial charge in [0.25, 0.3) is 0 Å². The van der Waals surface area contributed by atoms with Crippen LogP contribution in [-0.2, 0) is 6.54 Å². The number of rotatable bonds is 6. The second kappa shape index (κ2) is 7.18. The van der Waals surface area contributed by atoms with E-state index in [1.54, 1.807) is 7.11 Å². The second-order valence-electron chi connectivity index (χ2n) is 5.61. The molecule has 1 aromatic carbocycles. The van der Waals surface area contributed by atoms with Crippen molar-refractivity contribution in [3.05, 3.63) is 53.9 Å². The third kappa shape index (κ3) is 3.41. The van der Waals surface area contributed by atoms with Crippen LogP contribution in [0.4, 0.5) is 0 Å². The molecule has 24 heavy (non-hydrogen) atoms. The average Bonchev–Trinajstić information content (AvgIpc) is 3.16. The van der Waals surface area contributed by atoms with E-state index in [0.717, 1.165) is 22.6 Å². The molecule has 0 spiro atoms. The smallest absolute Gasteiger partial charge is 0.204 e. The minimum absolute atomic E-state index is 0.185. The highest BCUT2D eigenvalue weighted by Gasteiger charge is 2.16. The Morgan fingerprint density at radius 2 is 2.12 bits per heavy atom. The SMILES string of the molecule is COc1ccc(-c2nn[nH]n2)cc1CN(C)C(C)c1ccccn1. The molecular formula is C17H20N6O. The van der Waals surface area contributed by atoms with Gasteiger partial charge in [-0.05, 0) is 49.5 Å². The summed E-state index contributed by atoms with van der Waals surface area (Å²) in [7, 11) is 3.74. The zero-order valence-electron chi connectivity index (χ0n) is 14.0. The number of ether oxygens (including phenoxy) is 1. The van der Waals surface area contributed by atoms with Gasteiger partial charge in [0.05, 0.1) is 12.8 Å². The van der Waals surface area contributed by atoms with Crippen LogP contribution in [0.15, 0.2) is 42.6 Å². The molecule has 0 amide bonds.